The smallest absolute Gasteiger partial charge is 0.124 e. The first kappa shape index (κ1) is 34.0. The summed E-state index contributed by atoms with van der Waals surface area (Å²) in [6.45, 7) is 11.5. The molecule has 4 heteroatoms. The predicted molar refractivity (Wildman–Crippen MR) is 213 cm³/mol. The van der Waals surface area contributed by atoms with Gasteiger partial charge in [-0.05, 0) is 86.3 Å². The van der Waals surface area contributed by atoms with Crippen molar-refractivity contribution in [2.45, 2.75) is 51.6 Å². The van der Waals surface area contributed by atoms with Gasteiger partial charge in [0.1, 0.15) is 11.5 Å². The fraction of sp³-hybridized carbons (Fsp3) is 0.250. The van der Waals surface area contributed by atoms with Gasteiger partial charge >= 0.3 is 0 Å². The minimum atomic E-state index is -0.500. The third-order valence-electron chi connectivity index (χ3n) is 11.8. The second-order valence-electron chi connectivity index (χ2n) is 15.6. The van der Waals surface area contributed by atoms with E-state index in [0.29, 0.717) is 24.6 Å². The van der Waals surface area contributed by atoms with Crippen LogP contribution in [0.4, 0.5) is 0 Å². The monoisotopic (exact) mass is 684 g/mol. The molecule has 6 aromatic rings. The second-order valence-corrected chi connectivity index (χ2v) is 15.6. The molecule has 0 radical (unpaired) electrons. The van der Waals surface area contributed by atoms with Gasteiger partial charge in [0.15, 0.2) is 0 Å². The van der Waals surface area contributed by atoms with Crippen LogP contribution in [0.3, 0.4) is 0 Å². The van der Waals surface area contributed by atoms with E-state index in [-0.39, 0.29) is 0 Å². The average Bonchev–Trinajstić information content (AvgIpc) is 3.56. The molecule has 2 N–H and O–H groups in total. The molecule has 0 bridgehead atoms. The Balaban J connectivity index is 1.20. The molecule has 0 atom stereocenters. The molecule has 0 unspecified atom stereocenters. The van der Waals surface area contributed by atoms with Gasteiger partial charge < -0.3 is 15.1 Å². The lowest BCUT2D eigenvalue weighted by Gasteiger charge is -2.32. The summed E-state index contributed by atoms with van der Waals surface area (Å²) in [5, 5.41) is 24.6. The Morgan fingerprint density at radius 3 is 1.12 bits per heavy atom. The number of likely N-dealkylation sites (N-methyl/N-ethyl adjacent to an activating group) is 1. The highest BCUT2D eigenvalue weighted by Gasteiger charge is 2.44. The molecule has 52 heavy (non-hydrogen) atoms. The lowest BCUT2D eigenvalue weighted by molar-refractivity contribution is 0.221. The van der Waals surface area contributed by atoms with E-state index in [1.54, 1.807) is 0 Å². The summed E-state index contributed by atoms with van der Waals surface area (Å²) < 4.78 is 0. The molecular weight excluding hydrogens is 637 g/mol. The number of phenolic OH excluding ortho intramolecular Hbond substituents is 2. The molecule has 0 saturated carbocycles. The van der Waals surface area contributed by atoms with E-state index in [4.69, 9.17) is 0 Å². The lowest BCUT2D eigenvalue weighted by Crippen LogP contribution is -2.32. The van der Waals surface area contributed by atoms with Crippen molar-refractivity contribution >= 4 is 0 Å². The Kier molecular flexibility index (Phi) is 8.36. The Morgan fingerprint density at radius 1 is 0.462 bits per heavy atom. The van der Waals surface area contributed by atoms with Gasteiger partial charge in [0.2, 0.25) is 0 Å². The van der Waals surface area contributed by atoms with E-state index in [9.17, 15) is 10.2 Å². The molecule has 2 aliphatic carbocycles. The summed E-state index contributed by atoms with van der Waals surface area (Å²) in [5.74, 6) is 0.686. The van der Waals surface area contributed by atoms with Crippen LogP contribution >= 0.6 is 0 Å². The van der Waals surface area contributed by atoms with Crippen molar-refractivity contribution in [1.82, 2.24) is 9.80 Å². The van der Waals surface area contributed by atoms with E-state index in [1.165, 1.54) is 44.5 Å². The molecule has 8 rings (SSSR count). The average molecular weight is 685 g/mol. The maximum absolute atomic E-state index is 12.3. The highest BCUT2D eigenvalue weighted by molar-refractivity contribution is 5.85. The Labute approximate surface area is 308 Å². The van der Waals surface area contributed by atoms with E-state index < -0.39 is 10.8 Å². The Hall–Kier alpha value is -5.16. The van der Waals surface area contributed by atoms with Gasteiger partial charge in [-0.1, -0.05) is 132 Å². The molecule has 0 amide bonds. The van der Waals surface area contributed by atoms with E-state index in [0.717, 1.165) is 46.5 Å². The van der Waals surface area contributed by atoms with Crippen LogP contribution < -0.4 is 0 Å². The maximum atomic E-state index is 12.3. The first-order valence-corrected chi connectivity index (χ1v) is 18.4. The van der Waals surface area contributed by atoms with Gasteiger partial charge in [0.05, 0.1) is 0 Å². The van der Waals surface area contributed by atoms with Gasteiger partial charge in [-0.3, -0.25) is 4.90 Å². The quantitative estimate of drug-likeness (QED) is 0.159. The number of hydrogen-bond donors (Lipinski definition) is 2. The topological polar surface area (TPSA) is 46.9 Å². The van der Waals surface area contributed by atoms with Gasteiger partial charge in [0, 0.05) is 59.3 Å². The van der Waals surface area contributed by atoms with Crippen molar-refractivity contribution in [2.24, 2.45) is 0 Å². The highest BCUT2D eigenvalue weighted by atomic mass is 16.3. The SMILES string of the molecule is Cc1cc(CN(CCN(C)C)Cc2cc(C)cc(C3(C)c4ccccc4-c4ccccc43)c2O)c(O)c(C2(C)c3ccccc3-c3ccccc32)c1. The number of rotatable bonds is 9. The molecule has 4 nitrogen and oxygen atoms in total. The van der Waals surface area contributed by atoms with Crippen LogP contribution in [0.1, 0.15) is 69.5 Å². The van der Waals surface area contributed by atoms with Crippen LogP contribution in [0.15, 0.2) is 121 Å². The molecule has 2 aliphatic rings. The zero-order valence-electron chi connectivity index (χ0n) is 31.2. The van der Waals surface area contributed by atoms with Crippen molar-refractivity contribution in [3.05, 3.63) is 177 Å². The van der Waals surface area contributed by atoms with Crippen LogP contribution in [-0.2, 0) is 23.9 Å². The van der Waals surface area contributed by atoms with Crippen molar-refractivity contribution in [3.8, 4) is 33.8 Å². The van der Waals surface area contributed by atoms with Crippen LogP contribution in [0, 0.1) is 13.8 Å². The third-order valence-corrected chi connectivity index (χ3v) is 11.8. The van der Waals surface area contributed by atoms with Crippen LogP contribution in [0.25, 0.3) is 22.3 Å². The minimum absolute atomic E-state index is 0.343. The summed E-state index contributed by atoms with van der Waals surface area (Å²) in [5.41, 5.74) is 14.7. The van der Waals surface area contributed by atoms with Gasteiger partial charge in [-0.25, -0.2) is 0 Å². The van der Waals surface area contributed by atoms with Gasteiger partial charge in [0.25, 0.3) is 0 Å². The molecule has 0 aliphatic heterocycles. The summed E-state index contributed by atoms with van der Waals surface area (Å²) in [4.78, 5) is 4.56. The molecule has 0 fully saturated rings. The Morgan fingerprint density at radius 2 is 0.788 bits per heavy atom. The Bertz CT molecular complexity index is 2090. The maximum Gasteiger partial charge on any atom is 0.124 e. The fourth-order valence-electron chi connectivity index (χ4n) is 9.23. The standard InChI is InChI=1S/C48H48N2O2/c1-31-25-33(45(51)43(27-31)47(3)39-19-11-7-15-35(39)36-16-8-12-20-40(36)47)29-50(24-23-49(5)6)30-34-26-32(2)28-44(46(34)52)48(4)41-21-13-9-17-37(41)38-18-10-14-22-42(38)48/h7-22,25-28,51-52H,23-24,29-30H2,1-6H3. The van der Waals surface area contributed by atoms with Crippen LogP contribution in [0.2, 0.25) is 0 Å². The third kappa shape index (κ3) is 5.27. The van der Waals surface area contributed by atoms with Crippen molar-refractivity contribution in [2.75, 3.05) is 27.2 Å². The summed E-state index contributed by atoms with van der Waals surface area (Å²) in [6, 6.07) is 43.0. The molecule has 262 valence electrons. The number of nitrogens with zero attached hydrogens (tertiary/aromatic N) is 2. The molecule has 0 aromatic heterocycles. The van der Waals surface area contributed by atoms with Gasteiger partial charge in [-0.15, -0.1) is 0 Å². The fourth-order valence-corrected chi connectivity index (χ4v) is 9.23. The summed E-state index contributed by atoms with van der Waals surface area (Å²) >= 11 is 0. The summed E-state index contributed by atoms with van der Waals surface area (Å²) in [7, 11) is 4.18. The molecular formula is C48H48N2O2. The first-order chi connectivity index (χ1) is 25.0. The number of aromatic hydroxyl groups is 2. The predicted octanol–water partition coefficient (Wildman–Crippen LogP) is 9.95. The zero-order chi connectivity index (χ0) is 36.4. The van der Waals surface area contributed by atoms with Gasteiger partial charge in [-0.2, -0.15) is 0 Å². The normalized spacial score (nSPS) is 14.7. The first-order valence-electron chi connectivity index (χ1n) is 18.4. The number of phenols is 2. The number of hydrogen-bond acceptors (Lipinski definition) is 4. The molecule has 0 saturated heterocycles. The molecule has 0 heterocycles. The second kappa shape index (κ2) is 12.8. The van der Waals surface area contributed by atoms with E-state index in [2.05, 4.69) is 173 Å². The van der Waals surface area contributed by atoms with Crippen molar-refractivity contribution in [3.63, 3.8) is 0 Å². The summed E-state index contributed by atoms with van der Waals surface area (Å²) in [6.07, 6.45) is 0. The van der Waals surface area contributed by atoms with Crippen molar-refractivity contribution in [1.29, 1.82) is 0 Å². The van der Waals surface area contributed by atoms with E-state index >= 15 is 0 Å². The molecule has 0 spiro atoms. The lowest BCUT2D eigenvalue weighted by atomic mass is 9.73. The van der Waals surface area contributed by atoms with Crippen molar-refractivity contribution < 1.29 is 10.2 Å². The number of benzene rings is 6. The highest BCUT2D eigenvalue weighted by Crippen LogP contribution is 2.56. The number of fused-ring (bicyclic) bond motifs is 6. The molecule has 6 aromatic carbocycles. The largest absolute Gasteiger partial charge is 0.507 e. The van der Waals surface area contributed by atoms with E-state index in [1.807, 2.05) is 0 Å². The minimum Gasteiger partial charge on any atom is -0.507 e. The number of aryl methyl sites for hydroxylation is 2. The zero-order valence-corrected chi connectivity index (χ0v) is 31.2. The van der Waals surface area contributed by atoms with Crippen LogP contribution in [-0.4, -0.2) is 47.2 Å². The van der Waals surface area contributed by atoms with Crippen LogP contribution in [0.5, 0.6) is 11.5 Å².